The molecule has 0 saturated carbocycles. The fraction of sp³-hybridized carbons (Fsp3) is 0.278. The van der Waals surface area contributed by atoms with E-state index in [1.165, 1.54) is 0 Å². The minimum Gasteiger partial charge on any atom is -0.497 e. The molecule has 0 saturated heterocycles. The summed E-state index contributed by atoms with van der Waals surface area (Å²) in [4.78, 5) is 12.2. The van der Waals surface area contributed by atoms with E-state index in [9.17, 15) is 4.79 Å². The highest BCUT2D eigenvalue weighted by atomic mass is 16.5. The van der Waals surface area contributed by atoms with Gasteiger partial charge < -0.3 is 14.8 Å². The monoisotopic (exact) mass is 299 g/mol. The number of nitrogens with one attached hydrogen (secondary N) is 1. The smallest absolute Gasteiger partial charge is 0.265 e. The molecule has 0 spiro atoms. The van der Waals surface area contributed by atoms with Gasteiger partial charge in [-0.3, -0.25) is 4.79 Å². The number of rotatable bonds is 5. The highest BCUT2D eigenvalue weighted by Gasteiger charge is 2.16. The van der Waals surface area contributed by atoms with E-state index in [0.717, 1.165) is 22.6 Å². The summed E-state index contributed by atoms with van der Waals surface area (Å²) in [7, 11) is 1.60. The number of aryl methyl sites for hydroxylation is 1. The van der Waals surface area contributed by atoms with Gasteiger partial charge in [-0.2, -0.15) is 0 Å². The molecule has 4 nitrogen and oxygen atoms in total. The Labute approximate surface area is 131 Å². The summed E-state index contributed by atoms with van der Waals surface area (Å²) in [5, 5.41) is 2.83. The summed E-state index contributed by atoms with van der Waals surface area (Å²) in [6.07, 6.45) is -0.581. The van der Waals surface area contributed by atoms with Crippen LogP contribution in [0.15, 0.2) is 42.5 Å². The molecule has 1 unspecified atom stereocenters. The van der Waals surface area contributed by atoms with Crippen LogP contribution in [0.1, 0.15) is 18.1 Å². The molecule has 1 amide bonds. The summed E-state index contributed by atoms with van der Waals surface area (Å²) in [5.74, 6) is 1.29. The van der Waals surface area contributed by atoms with Gasteiger partial charge in [-0.05, 0) is 62.2 Å². The fourth-order valence-corrected chi connectivity index (χ4v) is 2.01. The predicted molar refractivity (Wildman–Crippen MR) is 87.6 cm³/mol. The lowest BCUT2D eigenvalue weighted by molar-refractivity contribution is -0.122. The second kappa shape index (κ2) is 6.98. The zero-order valence-corrected chi connectivity index (χ0v) is 13.3. The molecule has 2 aromatic carbocycles. The van der Waals surface area contributed by atoms with E-state index >= 15 is 0 Å². The highest BCUT2D eigenvalue weighted by Crippen LogP contribution is 2.22. The Balaban J connectivity index is 2.01. The molecular weight excluding hydrogens is 278 g/mol. The number of anilines is 1. The molecule has 116 valence electrons. The lowest BCUT2D eigenvalue weighted by atomic mass is 10.1. The third-order valence-electron chi connectivity index (χ3n) is 3.59. The Kier molecular flexibility index (Phi) is 5.04. The van der Waals surface area contributed by atoms with E-state index in [0.29, 0.717) is 5.69 Å². The summed E-state index contributed by atoms with van der Waals surface area (Å²) in [6.45, 7) is 5.74. The number of hydrogen-bond acceptors (Lipinski definition) is 3. The van der Waals surface area contributed by atoms with Gasteiger partial charge in [0.1, 0.15) is 11.5 Å². The van der Waals surface area contributed by atoms with Crippen LogP contribution in [0, 0.1) is 13.8 Å². The molecule has 0 fully saturated rings. The molecule has 2 rings (SSSR count). The first-order valence-corrected chi connectivity index (χ1v) is 7.19. The third kappa shape index (κ3) is 3.79. The van der Waals surface area contributed by atoms with Crippen molar-refractivity contribution < 1.29 is 14.3 Å². The fourth-order valence-electron chi connectivity index (χ4n) is 2.01. The molecule has 1 N–H and O–H groups in total. The SMILES string of the molecule is COc1ccc(NC(=O)C(C)Oc2cccc(C)c2C)cc1. The third-order valence-corrected chi connectivity index (χ3v) is 3.59. The molecule has 0 bridgehead atoms. The number of amides is 1. The van der Waals surface area contributed by atoms with Gasteiger partial charge in [-0.25, -0.2) is 0 Å². The minimum atomic E-state index is -0.581. The Bertz CT molecular complexity index is 650. The largest absolute Gasteiger partial charge is 0.497 e. The molecule has 0 aliphatic heterocycles. The highest BCUT2D eigenvalue weighted by molar-refractivity contribution is 5.94. The van der Waals surface area contributed by atoms with Gasteiger partial charge in [0, 0.05) is 5.69 Å². The number of methoxy groups -OCH3 is 1. The first-order chi connectivity index (χ1) is 10.5. The van der Waals surface area contributed by atoms with Crippen molar-refractivity contribution in [1.29, 1.82) is 0 Å². The number of carbonyl (C=O) groups is 1. The Morgan fingerprint density at radius 3 is 2.41 bits per heavy atom. The van der Waals surface area contributed by atoms with Gasteiger partial charge >= 0.3 is 0 Å². The van der Waals surface area contributed by atoms with Crippen LogP contribution in [0.5, 0.6) is 11.5 Å². The summed E-state index contributed by atoms with van der Waals surface area (Å²) in [5.41, 5.74) is 2.90. The van der Waals surface area contributed by atoms with Crippen molar-refractivity contribution in [3.8, 4) is 11.5 Å². The van der Waals surface area contributed by atoms with E-state index in [4.69, 9.17) is 9.47 Å². The average molecular weight is 299 g/mol. The van der Waals surface area contributed by atoms with Crippen LogP contribution < -0.4 is 14.8 Å². The van der Waals surface area contributed by atoms with Crippen molar-refractivity contribution in [2.45, 2.75) is 26.9 Å². The number of hydrogen-bond donors (Lipinski definition) is 1. The molecule has 0 heterocycles. The molecule has 0 aliphatic rings. The second-order valence-corrected chi connectivity index (χ2v) is 5.18. The van der Waals surface area contributed by atoms with Gasteiger partial charge in [-0.1, -0.05) is 12.1 Å². The van der Waals surface area contributed by atoms with Crippen LogP contribution in [0.2, 0.25) is 0 Å². The summed E-state index contributed by atoms with van der Waals surface area (Å²) < 4.78 is 10.9. The van der Waals surface area contributed by atoms with Crippen LogP contribution in [0.3, 0.4) is 0 Å². The van der Waals surface area contributed by atoms with Crippen LogP contribution in [0.4, 0.5) is 5.69 Å². The molecule has 22 heavy (non-hydrogen) atoms. The van der Waals surface area contributed by atoms with Crippen molar-refractivity contribution in [1.82, 2.24) is 0 Å². The van der Waals surface area contributed by atoms with E-state index in [1.54, 1.807) is 38.3 Å². The lowest BCUT2D eigenvalue weighted by Crippen LogP contribution is -2.30. The minimum absolute atomic E-state index is 0.189. The maximum Gasteiger partial charge on any atom is 0.265 e. The Hall–Kier alpha value is -2.49. The molecule has 0 aromatic heterocycles. The Morgan fingerprint density at radius 2 is 1.77 bits per heavy atom. The van der Waals surface area contributed by atoms with E-state index in [1.807, 2.05) is 32.0 Å². The standard InChI is InChI=1S/C18H21NO3/c1-12-6-5-7-17(13(12)2)22-14(3)18(20)19-15-8-10-16(21-4)11-9-15/h5-11,14H,1-4H3,(H,19,20). The molecule has 4 heteroatoms. The van der Waals surface area contributed by atoms with Gasteiger partial charge in [0.2, 0.25) is 0 Å². The second-order valence-electron chi connectivity index (χ2n) is 5.18. The number of carbonyl (C=O) groups excluding carboxylic acids is 1. The van der Waals surface area contributed by atoms with Gasteiger partial charge in [0.05, 0.1) is 7.11 Å². The van der Waals surface area contributed by atoms with Gasteiger partial charge in [0.15, 0.2) is 6.10 Å². The van der Waals surface area contributed by atoms with Crippen molar-refractivity contribution in [2.24, 2.45) is 0 Å². The van der Waals surface area contributed by atoms with Crippen LogP contribution >= 0.6 is 0 Å². The first kappa shape index (κ1) is 15.9. The topological polar surface area (TPSA) is 47.6 Å². The molecular formula is C18H21NO3. The normalized spacial score (nSPS) is 11.6. The molecule has 0 aliphatic carbocycles. The van der Waals surface area contributed by atoms with E-state index in [-0.39, 0.29) is 5.91 Å². The zero-order chi connectivity index (χ0) is 16.1. The van der Waals surface area contributed by atoms with Crippen LogP contribution in [0.25, 0.3) is 0 Å². The quantitative estimate of drug-likeness (QED) is 0.915. The Morgan fingerprint density at radius 1 is 1.09 bits per heavy atom. The first-order valence-electron chi connectivity index (χ1n) is 7.19. The van der Waals surface area contributed by atoms with Crippen molar-refractivity contribution >= 4 is 11.6 Å². The van der Waals surface area contributed by atoms with E-state index in [2.05, 4.69) is 5.32 Å². The number of ether oxygens (including phenoxy) is 2. The van der Waals surface area contributed by atoms with Crippen molar-refractivity contribution in [3.05, 3.63) is 53.6 Å². The number of benzene rings is 2. The lowest BCUT2D eigenvalue weighted by Gasteiger charge is -2.17. The summed E-state index contributed by atoms with van der Waals surface area (Å²) in [6, 6.07) is 13.0. The van der Waals surface area contributed by atoms with Gasteiger partial charge in [-0.15, -0.1) is 0 Å². The molecule has 1 atom stereocenters. The maximum absolute atomic E-state index is 12.2. The average Bonchev–Trinajstić information content (AvgIpc) is 2.52. The predicted octanol–water partition coefficient (Wildman–Crippen LogP) is 3.72. The van der Waals surface area contributed by atoms with Crippen LogP contribution in [-0.4, -0.2) is 19.1 Å². The molecule has 2 aromatic rings. The van der Waals surface area contributed by atoms with Crippen molar-refractivity contribution in [2.75, 3.05) is 12.4 Å². The van der Waals surface area contributed by atoms with Gasteiger partial charge in [0.25, 0.3) is 5.91 Å². The van der Waals surface area contributed by atoms with Crippen molar-refractivity contribution in [3.63, 3.8) is 0 Å². The van der Waals surface area contributed by atoms with E-state index < -0.39 is 6.10 Å². The molecule has 0 radical (unpaired) electrons. The zero-order valence-electron chi connectivity index (χ0n) is 13.3. The van der Waals surface area contributed by atoms with Crippen LogP contribution in [-0.2, 0) is 4.79 Å². The summed E-state index contributed by atoms with van der Waals surface area (Å²) >= 11 is 0. The maximum atomic E-state index is 12.2.